The molecule has 4 nitrogen and oxygen atoms in total. The maximum absolute atomic E-state index is 12.2. The molecule has 0 aliphatic carbocycles. The van der Waals surface area contributed by atoms with Crippen LogP contribution in [0.15, 0.2) is 24.3 Å². The molecular formula is C21H32O4. The van der Waals surface area contributed by atoms with Crippen molar-refractivity contribution >= 4 is 11.9 Å². The third-order valence-corrected chi connectivity index (χ3v) is 3.87. The third-order valence-electron chi connectivity index (χ3n) is 3.87. The van der Waals surface area contributed by atoms with Crippen LogP contribution in [0.3, 0.4) is 0 Å². The Morgan fingerprint density at radius 2 is 1.40 bits per heavy atom. The Morgan fingerprint density at radius 3 is 2.00 bits per heavy atom. The summed E-state index contributed by atoms with van der Waals surface area (Å²) in [5.74, 6) is -0.188. The highest BCUT2D eigenvalue weighted by Crippen LogP contribution is 2.14. The van der Waals surface area contributed by atoms with Gasteiger partial charge in [0.25, 0.3) is 0 Å². The smallest absolute Gasteiger partial charge is 0.339 e. The van der Waals surface area contributed by atoms with Crippen molar-refractivity contribution in [1.29, 1.82) is 0 Å². The summed E-state index contributed by atoms with van der Waals surface area (Å²) < 4.78 is 10.5. The molecule has 0 aliphatic rings. The molecule has 0 amide bonds. The monoisotopic (exact) mass is 348 g/mol. The molecule has 0 saturated heterocycles. The zero-order valence-electron chi connectivity index (χ0n) is 16.0. The predicted molar refractivity (Wildman–Crippen MR) is 99.8 cm³/mol. The summed E-state index contributed by atoms with van der Waals surface area (Å²) in [5.41, 5.74) is 0.528. The molecule has 0 aromatic heterocycles. The first-order valence-electron chi connectivity index (χ1n) is 9.39. The van der Waals surface area contributed by atoms with E-state index in [1.165, 1.54) is 25.7 Å². The highest BCUT2D eigenvalue weighted by molar-refractivity contribution is 6.03. The van der Waals surface area contributed by atoms with Gasteiger partial charge in [-0.2, -0.15) is 0 Å². The highest BCUT2D eigenvalue weighted by atomic mass is 16.5. The number of hydrogen-bond acceptors (Lipinski definition) is 4. The van der Waals surface area contributed by atoms with Crippen LogP contribution in [0.4, 0.5) is 0 Å². The molecule has 1 aromatic carbocycles. The normalized spacial score (nSPS) is 11.0. The Labute approximate surface area is 151 Å². The molecule has 0 atom stereocenters. The number of rotatable bonds is 11. The summed E-state index contributed by atoms with van der Waals surface area (Å²) in [6.45, 7) is 8.43. The van der Waals surface area contributed by atoms with Gasteiger partial charge in [-0.05, 0) is 38.3 Å². The van der Waals surface area contributed by atoms with Gasteiger partial charge in [-0.15, -0.1) is 0 Å². The zero-order valence-corrected chi connectivity index (χ0v) is 16.0. The number of carbonyl (C=O) groups is 2. The summed E-state index contributed by atoms with van der Waals surface area (Å²) in [6, 6.07) is 6.63. The van der Waals surface area contributed by atoms with Crippen molar-refractivity contribution in [2.75, 3.05) is 6.61 Å². The van der Waals surface area contributed by atoms with E-state index in [4.69, 9.17) is 9.47 Å². The van der Waals surface area contributed by atoms with E-state index < -0.39 is 11.9 Å². The van der Waals surface area contributed by atoms with E-state index in [1.807, 2.05) is 0 Å². The fourth-order valence-electron chi connectivity index (χ4n) is 2.54. The first kappa shape index (κ1) is 21.2. The minimum absolute atomic E-state index is 0.229. The average Bonchev–Trinajstić information content (AvgIpc) is 2.56. The van der Waals surface area contributed by atoms with E-state index in [-0.39, 0.29) is 17.2 Å². The number of esters is 2. The predicted octanol–water partition coefficient (Wildman–Crippen LogP) is 5.41. The van der Waals surface area contributed by atoms with Crippen LogP contribution < -0.4 is 0 Å². The molecule has 4 heteroatoms. The van der Waals surface area contributed by atoms with Gasteiger partial charge in [0.2, 0.25) is 0 Å². The van der Waals surface area contributed by atoms with Crippen molar-refractivity contribution in [3.63, 3.8) is 0 Å². The van der Waals surface area contributed by atoms with E-state index in [0.29, 0.717) is 6.61 Å². The molecule has 0 radical (unpaired) electrons. The lowest BCUT2D eigenvalue weighted by molar-refractivity contribution is 0.0360. The van der Waals surface area contributed by atoms with Crippen molar-refractivity contribution in [3.8, 4) is 0 Å². The van der Waals surface area contributed by atoms with Crippen molar-refractivity contribution in [3.05, 3.63) is 35.4 Å². The van der Waals surface area contributed by atoms with Crippen molar-refractivity contribution in [2.24, 2.45) is 5.92 Å². The topological polar surface area (TPSA) is 52.6 Å². The third kappa shape index (κ3) is 8.71. The lowest BCUT2D eigenvalue weighted by Crippen LogP contribution is -2.17. The largest absolute Gasteiger partial charge is 0.462 e. The molecule has 0 N–H and O–H groups in total. The van der Waals surface area contributed by atoms with Gasteiger partial charge in [-0.1, -0.05) is 58.1 Å². The molecule has 0 spiro atoms. The maximum Gasteiger partial charge on any atom is 0.339 e. The van der Waals surface area contributed by atoms with Crippen molar-refractivity contribution in [2.45, 2.75) is 72.3 Å². The van der Waals surface area contributed by atoms with Crippen LogP contribution in [0.25, 0.3) is 0 Å². The van der Waals surface area contributed by atoms with E-state index in [1.54, 1.807) is 38.1 Å². The van der Waals surface area contributed by atoms with Gasteiger partial charge in [0.05, 0.1) is 23.8 Å². The SMILES string of the molecule is CC(C)CCCCCCCOC(=O)c1ccccc1C(=O)OC(C)C. The van der Waals surface area contributed by atoms with Crippen LogP contribution in [0.1, 0.15) is 86.9 Å². The molecule has 25 heavy (non-hydrogen) atoms. The Kier molecular flexibility index (Phi) is 9.90. The van der Waals surface area contributed by atoms with Gasteiger partial charge in [0.15, 0.2) is 0 Å². The molecule has 0 bridgehead atoms. The van der Waals surface area contributed by atoms with Gasteiger partial charge in [-0.25, -0.2) is 9.59 Å². The number of unbranched alkanes of at least 4 members (excludes halogenated alkanes) is 4. The minimum Gasteiger partial charge on any atom is -0.462 e. The van der Waals surface area contributed by atoms with Crippen LogP contribution >= 0.6 is 0 Å². The number of hydrogen-bond donors (Lipinski definition) is 0. The van der Waals surface area contributed by atoms with Gasteiger partial charge >= 0.3 is 11.9 Å². The summed E-state index contributed by atoms with van der Waals surface area (Å²) >= 11 is 0. The lowest BCUT2D eigenvalue weighted by Gasteiger charge is -2.11. The standard InChI is InChI=1S/C21H32O4/c1-16(2)12-8-6-5-7-11-15-24-20(22)18-13-9-10-14-19(18)21(23)25-17(3)4/h9-10,13-14,16-17H,5-8,11-12,15H2,1-4H3. The lowest BCUT2D eigenvalue weighted by atomic mass is 10.0. The second-order valence-electron chi connectivity index (χ2n) is 7.09. The fourth-order valence-corrected chi connectivity index (χ4v) is 2.54. The maximum atomic E-state index is 12.2. The highest BCUT2D eigenvalue weighted by Gasteiger charge is 2.19. The van der Waals surface area contributed by atoms with E-state index in [2.05, 4.69) is 13.8 Å². The van der Waals surface area contributed by atoms with Crippen LogP contribution in [0.5, 0.6) is 0 Å². The van der Waals surface area contributed by atoms with Crippen LogP contribution in [-0.2, 0) is 9.47 Å². The quantitative estimate of drug-likeness (QED) is 0.396. The van der Waals surface area contributed by atoms with Crippen LogP contribution in [0.2, 0.25) is 0 Å². The molecular weight excluding hydrogens is 316 g/mol. The Bertz CT molecular complexity index is 534. The van der Waals surface area contributed by atoms with E-state index in [9.17, 15) is 9.59 Å². The fraction of sp³-hybridized carbons (Fsp3) is 0.619. The Balaban J connectivity index is 2.37. The molecule has 0 saturated carbocycles. The van der Waals surface area contributed by atoms with Crippen LogP contribution in [0, 0.1) is 5.92 Å². The Hall–Kier alpha value is -1.84. The molecule has 140 valence electrons. The zero-order chi connectivity index (χ0) is 18.7. The van der Waals surface area contributed by atoms with E-state index >= 15 is 0 Å². The van der Waals surface area contributed by atoms with Gasteiger partial charge < -0.3 is 9.47 Å². The number of ether oxygens (including phenoxy) is 2. The van der Waals surface area contributed by atoms with E-state index in [0.717, 1.165) is 18.8 Å². The molecule has 1 aromatic rings. The first-order chi connectivity index (χ1) is 11.9. The second-order valence-corrected chi connectivity index (χ2v) is 7.09. The average molecular weight is 348 g/mol. The number of benzene rings is 1. The summed E-state index contributed by atoms with van der Waals surface area (Å²) in [6.07, 6.45) is 6.62. The summed E-state index contributed by atoms with van der Waals surface area (Å²) in [7, 11) is 0. The summed E-state index contributed by atoms with van der Waals surface area (Å²) in [5, 5.41) is 0. The number of carbonyl (C=O) groups excluding carboxylic acids is 2. The molecule has 0 aliphatic heterocycles. The van der Waals surface area contributed by atoms with Crippen molar-refractivity contribution < 1.29 is 19.1 Å². The first-order valence-corrected chi connectivity index (χ1v) is 9.39. The van der Waals surface area contributed by atoms with Crippen molar-refractivity contribution in [1.82, 2.24) is 0 Å². The second kappa shape index (κ2) is 11.7. The molecule has 0 unspecified atom stereocenters. The molecule has 0 heterocycles. The van der Waals surface area contributed by atoms with Crippen LogP contribution in [-0.4, -0.2) is 24.6 Å². The Morgan fingerprint density at radius 1 is 0.840 bits per heavy atom. The minimum atomic E-state index is -0.493. The molecule has 1 rings (SSSR count). The van der Waals surface area contributed by atoms with Gasteiger partial charge in [0.1, 0.15) is 0 Å². The van der Waals surface area contributed by atoms with Gasteiger partial charge in [-0.3, -0.25) is 0 Å². The molecule has 0 fully saturated rings. The summed E-state index contributed by atoms with van der Waals surface area (Å²) in [4.78, 5) is 24.3. The van der Waals surface area contributed by atoms with Gasteiger partial charge in [0, 0.05) is 0 Å².